The fraction of sp³-hybridized carbons (Fsp3) is 0.909. The zero-order chi connectivity index (χ0) is 11.4. The Hall–Kier alpha value is -0.810. The summed E-state index contributed by atoms with van der Waals surface area (Å²) in [4.78, 5) is 11.3. The van der Waals surface area contributed by atoms with E-state index in [0.29, 0.717) is 0 Å². The molecule has 2 fully saturated rings. The van der Waals surface area contributed by atoms with Gasteiger partial charge in [0.2, 0.25) is 0 Å². The normalized spacial score (nSPS) is 24.2. The van der Waals surface area contributed by atoms with Gasteiger partial charge in [-0.05, 0) is 25.7 Å². The van der Waals surface area contributed by atoms with Crippen molar-refractivity contribution in [1.82, 2.24) is 15.1 Å². The molecule has 1 N–H and O–H groups in total. The lowest BCUT2D eigenvalue weighted by Gasteiger charge is -2.43. The van der Waals surface area contributed by atoms with Crippen LogP contribution in [0, 0.1) is 0 Å². The summed E-state index contributed by atoms with van der Waals surface area (Å²) >= 11 is 0. The highest BCUT2D eigenvalue weighted by atomic mass is 16.4. The maximum atomic E-state index is 11.3. The van der Waals surface area contributed by atoms with Crippen LogP contribution in [0.1, 0.15) is 38.5 Å². The minimum atomic E-state index is -0.830. The van der Waals surface area contributed by atoms with E-state index in [1.165, 1.54) is 18.0 Å². The lowest BCUT2D eigenvalue weighted by Crippen LogP contribution is -2.58. The minimum Gasteiger partial charge on any atom is -0.463 e. The van der Waals surface area contributed by atoms with Gasteiger partial charge in [0, 0.05) is 26.2 Å². The van der Waals surface area contributed by atoms with Crippen LogP contribution >= 0.6 is 0 Å². The fourth-order valence-corrected chi connectivity index (χ4v) is 2.55. The first-order chi connectivity index (χ1) is 7.79. The number of nitrogens with zero attached hydrogens (tertiary/aromatic N) is 3. The van der Waals surface area contributed by atoms with Crippen molar-refractivity contribution in [1.29, 1.82) is 0 Å². The quantitative estimate of drug-likeness (QED) is 0.781. The fourth-order valence-electron chi connectivity index (χ4n) is 2.55. The van der Waals surface area contributed by atoms with E-state index in [-0.39, 0.29) is 0 Å². The first-order valence-electron chi connectivity index (χ1n) is 6.32. The molecule has 0 aliphatic carbocycles. The predicted molar refractivity (Wildman–Crippen MR) is 60.7 cm³/mol. The summed E-state index contributed by atoms with van der Waals surface area (Å²) in [5, 5.41) is 14.8. The molecule has 0 bridgehead atoms. The van der Waals surface area contributed by atoms with Gasteiger partial charge in [0.15, 0.2) is 0 Å². The lowest BCUT2D eigenvalue weighted by molar-refractivity contribution is -0.167. The molecular formula is C11H21N3O2. The number of carboxylic acid groups (broad SMARTS) is 1. The van der Waals surface area contributed by atoms with Crippen LogP contribution in [-0.2, 0) is 0 Å². The Balaban J connectivity index is 1.99. The van der Waals surface area contributed by atoms with Crippen LogP contribution in [-0.4, -0.2) is 52.5 Å². The van der Waals surface area contributed by atoms with Crippen LogP contribution in [0.25, 0.3) is 0 Å². The Morgan fingerprint density at radius 2 is 1.19 bits per heavy atom. The Morgan fingerprint density at radius 1 is 0.812 bits per heavy atom. The highest BCUT2D eigenvalue weighted by Crippen LogP contribution is 2.17. The topological polar surface area (TPSA) is 47.0 Å². The molecule has 16 heavy (non-hydrogen) atoms. The molecule has 5 heteroatoms. The number of hydrogen-bond donors (Lipinski definition) is 1. The number of hydrogen-bond acceptors (Lipinski definition) is 3. The smallest absolute Gasteiger partial charge is 0.437 e. The molecule has 2 aliphatic heterocycles. The van der Waals surface area contributed by atoms with Crippen LogP contribution in [0.15, 0.2) is 0 Å². The Bertz CT molecular complexity index is 217. The highest BCUT2D eigenvalue weighted by molar-refractivity contribution is 5.63. The first kappa shape index (κ1) is 11.7. The summed E-state index contributed by atoms with van der Waals surface area (Å²) < 4.78 is 0. The monoisotopic (exact) mass is 227 g/mol. The van der Waals surface area contributed by atoms with Crippen molar-refractivity contribution in [3.63, 3.8) is 0 Å². The lowest BCUT2D eigenvalue weighted by atomic mass is 10.1. The molecule has 0 atom stereocenters. The van der Waals surface area contributed by atoms with Gasteiger partial charge in [0.1, 0.15) is 0 Å². The van der Waals surface area contributed by atoms with Crippen molar-refractivity contribution in [2.45, 2.75) is 38.5 Å². The Morgan fingerprint density at radius 3 is 1.50 bits per heavy atom. The van der Waals surface area contributed by atoms with Gasteiger partial charge in [0.05, 0.1) is 0 Å². The van der Waals surface area contributed by atoms with E-state index in [2.05, 4.69) is 0 Å². The van der Waals surface area contributed by atoms with Crippen molar-refractivity contribution in [2.24, 2.45) is 0 Å². The summed E-state index contributed by atoms with van der Waals surface area (Å²) in [5.74, 6) is 0. The molecule has 0 aromatic heterocycles. The van der Waals surface area contributed by atoms with Gasteiger partial charge in [-0.25, -0.2) is 14.8 Å². The van der Waals surface area contributed by atoms with E-state index in [9.17, 15) is 9.90 Å². The highest BCUT2D eigenvalue weighted by Gasteiger charge is 2.29. The number of carbonyl (C=O) groups is 1. The average molecular weight is 227 g/mol. The van der Waals surface area contributed by atoms with Crippen molar-refractivity contribution in [3.8, 4) is 0 Å². The zero-order valence-electron chi connectivity index (χ0n) is 9.77. The standard InChI is InChI=1S/C11H21N3O2/c15-11(16)14(12-7-3-1-4-8-12)13-9-5-2-6-10-13/h1-10H2,(H,15,16). The summed E-state index contributed by atoms with van der Waals surface area (Å²) in [6, 6.07) is 0. The predicted octanol–water partition coefficient (Wildman–Crippen LogP) is 1.77. The van der Waals surface area contributed by atoms with Gasteiger partial charge in [-0.1, -0.05) is 12.8 Å². The second-order valence-electron chi connectivity index (χ2n) is 4.60. The second kappa shape index (κ2) is 5.50. The van der Waals surface area contributed by atoms with Gasteiger partial charge in [-0.3, -0.25) is 0 Å². The number of hydrazine groups is 2. The molecule has 92 valence electrons. The van der Waals surface area contributed by atoms with Crippen LogP contribution < -0.4 is 0 Å². The zero-order valence-corrected chi connectivity index (χ0v) is 9.77. The van der Waals surface area contributed by atoms with Gasteiger partial charge in [-0.2, -0.15) is 5.12 Å². The molecule has 1 amide bonds. The van der Waals surface area contributed by atoms with Crippen molar-refractivity contribution in [3.05, 3.63) is 0 Å². The molecule has 0 unspecified atom stereocenters. The van der Waals surface area contributed by atoms with E-state index >= 15 is 0 Å². The third kappa shape index (κ3) is 2.65. The number of piperidine rings is 2. The maximum absolute atomic E-state index is 11.3. The third-order valence-electron chi connectivity index (χ3n) is 3.37. The first-order valence-corrected chi connectivity index (χ1v) is 6.32. The molecule has 0 radical (unpaired) electrons. The van der Waals surface area contributed by atoms with Gasteiger partial charge < -0.3 is 5.11 Å². The van der Waals surface area contributed by atoms with Gasteiger partial charge in [-0.15, -0.1) is 0 Å². The molecular weight excluding hydrogens is 206 g/mol. The maximum Gasteiger partial charge on any atom is 0.437 e. The van der Waals surface area contributed by atoms with E-state index in [1.807, 2.05) is 10.0 Å². The summed E-state index contributed by atoms with van der Waals surface area (Å²) in [5.41, 5.74) is 0. The molecule has 2 rings (SSSR count). The van der Waals surface area contributed by atoms with E-state index in [0.717, 1.165) is 51.9 Å². The molecule has 0 saturated carbocycles. The van der Waals surface area contributed by atoms with Crippen LogP contribution in [0.3, 0.4) is 0 Å². The molecule has 2 heterocycles. The average Bonchev–Trinajstić information content (AvgIpc) is 2.31. The summed E-state index contributed by atoms with van der Waals surface area (Å²) in [6.07, 6.45) is 6.06. The number of rotatable bonds is 2. The van der Waals surface area contributed by atoms with Crippen LogP contribution in [0.5, 0.6) is 0 Å². The van der Waals surface area contributed by atoms with Crippen molar-refractivity contribution >= 4 is 6.09 Å². The SMILES string of the molecule is O=C(O)N(N1CCCCC1)N1CCCCC1. The van der Waals surface area contributed by atoms with Crippen molar-refractivity contribution < 1.29 is 9.90 Å². The molecule has 2 saturated heterocycles. The Labute approximate surface area is 96.6 Å². The van der Waals surface area contributed by atoms with E-state index in [1.54, 1.807) is 0 Å². The van der Waals surface area contributed by atoms with E-state index < -0.39 is 6.09 Å². The van der Waals surface area contributed by atoms with Crippen LogP contribution in [0.2, 0.25) is 0 Å². The molecule has 2 aliphatic rings. The summed E-state index contributed by atoms with van der Waals surface area (Å²) in [6.45, 7) is 3.51. The van der Waals surface area contributed by atoms with Gasteiger partial charge in [0.25, 0.3) is 0 Å². The third-order valence-corrected chi connectivity index (χ3v) is 3.37. The molecule has 0 aromatic carbocycles. The molecule has 0 spiro atoms. The summed E-state index contributed by atoms with van der Waals surface area (Å²) in [7, 11) is 0. The van der Waals surface area contributed by atoms with Crippen LogP contribution in [0.4, 0.5) is 4.79 Å². The minimum absolute atomic E-state index is 0.830. The number of amides is 1. The Kier molecular flexibility index (Phi) is 4.01. The van der Waals surface area contributed by atoms with Gasteiger partial charge >= 0.3 is 6.09 Å². The van der Waals surface area contributed by atoms with Crippen molar-refractivity contribution in [2.75, 3.05) is 26.2 Å². The second-order valence-corrected chi connectivity index (χ2v) is 4.60. The largest absolute Gasteiger partial charge is 0.463 e. The molecule has 5 nitrogen and oxygen atoms in total. The molecule has 0 aromatic rings. The van der Waals surface area contributed by atoms with E-state index in [4.69, 9.17) is 0 Å².